The fourth-order valence-corrected chi connectivity index (χ4v) is 1.56. The Morgan fingerprint density at radius 3 is 2.93 bits per heavy atom. The number of carbonyl (C=O) groups excluding carboxylic acids is 1. The van der Waals surface area contributed by atoms with Gasteiger partial charge in [-0.1, -0.05) is 24.5 Å². The van der Waals surface area contributed by atoms with Gasteiger partial charge in [0.2, 0.25) is 0 Å². The molecular weight excluding hydrogens is 253 g/mol. The maximum Gasteiger partial charge on any atom is 0.163 e. The molecule has 0 spiro atoms. The molecule has 1 unspecified atom stereocenters. The van der Waals surface area contributed by atoms with E-state index in [9.17, 15) is 4.79 Å². The summed E-state index contributed by atoms with van der Waals surface area (Å²) in [6.07, 6.45) is 2.72. The van der Waals surface area contributed by atoms with Crippen molar-refractivity contribution >= 4 is 11.5 Å². The number of likely N-dealkylation sites (N-methyl/N-ethyl adjacent to an activating group) is 1. The van der Waals surface area contributed by atoms with Gasteiger partial charge in [-0.2, -0.15) is 0 Å². The number of aromatic nitrogens is 1. The molecule has 1 aliphatic rings. The molecule has 14 heavy (non-hydrogen) atoms. The van der Waals surface area contributed by atoms with Gasteiger partial charge in [0.15, 0.2) is 5.78 Å². The van der Waals surface area contributed by atoms with Gasteiger partial charge in [0.25, 0.3) is 0 Å². The minimum atomic E-state index is -1.20. The number of anilines is 1. The summed E-state index contributed by atoms with van der Waals surface area (Å²) in [5.41, 5.74) is 1.96. The Bertz CT molecular complexity index is 420. The minimum Gasteiger partial charge on any atom is -0.417 e. The van der Waals surface area contributed by atoms with E-state index < -0.39 is 6.02 Å². The number of rotatable bonds is 0. The van der Waals surface area contributed by atoms with Crippen LogP contribution in [0.15, 0.2) is 6.07 Å². The average Bonchev–Trinajstić information content (AvgIpc) is 2.30. The van der Waals surface area contributed by atoms with Crippen molar-refractivity contribution in [1.82, 2.24) is 4.98 Å². The Morgan fingerprint density at radius 2 is 2.36 bits per heavy atom. The molecule has 2 heterocycles. The standard InChI is InChI=1S/C10H11N2O.Y/c1-6-9-8(4-5-11-6)12(3)7(2)10(9)13;/h4,7H,1-3H3;/q-1;/i7T;. The van der Waals surface area contributed by atoms with Crippen LogP contribution in [0.25, 0.3) is 0 Å². The van der Waals surface area contributed by atoms with Crippen LogP contribution in [0, 0.1) is 13.1 Å². The van der Waals surface area contributed by atoms with Crippen molar-refractivity contribution in [1.29, 1.82) is 0 Å². The quantitative estimate of drug-likeness (QED) is 0.662. The number of Topliss-reactive ketones (excluding diaryl/α,β-unsaturated/α-hetero) is 1. The van der Waals surface area contributed by atoms with Crippen molar-refractivity contribution < 1.29 is 38.9 Å². The van der Waals surface area contributed by atoms with Gasteiger partial charge in [-0.3, -0.25) is 4.79 Å². The van der Waals surface area contributed by atoms with Crippen LogP contribution in [0.4, 0.5) is 5.69 Å². The van der Waals surface area contributed by atoms with E-state index in [1.54, 1.807) is 31.9 Å². The van der Waals surface area contributed by atoms with Crippen molar-refractivity contribution in [3.63, 3.8) is 0 Å². The third kappa shape index (κ3) is 1.53. The smallest absolute Gasteiger partial charge is 0.163 e. The summed E-state index contributed by atoms with van der Waals surface area (Å²) in [5, 5.41) is 0. The van der Waals surface area contributed by atoms with Crippen LogP contribution in [-0.2, 0) is 32.7 Å². The zero-order valence-electron chi connectivity index (χ0n) is 9.46. The van der Waals surface area contributed by atoms with E-state index >= 15 is 0 Å². The van der Waals surface area contributed by atoms with Crippen molar-refractivity contribution in [2.24, 2.45) is 0 Å². The first-order chi connectivity index (χ1) is 6.46. The molecule has 0 saturated carbocycles. The molecule has 0 aromatic carbocycles. The van der Waals surface area contributed by atoms with Crippen LogP contribution in [-0.4, -0.2) is 23.8 Å². The summed E-state index contributed by atoms with van der Waals surface area (Å²) in [7, 11) is 1.74. The average molecular weight is 266 g/mol. The molecule has 1 atom stereocenters. The molecule has 3 nitrogen and oxygen atoms in total. The Balaban J connectivity index is 0.00000112. The number of nitrogens with zero attached hydrogens (tertiary/aromatic N) is 2. The van der Waals surface area contributed by atoms with Gasteiger partial charge in [0, 0.05) is 32.7 Å². The molecule has 71 valence electrons. The van der Waals surface area contributed by atoms with E-state index in [1.165, 1.54) is 0 Å². The third-order valence-corrected chi connectivity index (χ3v) is 2.47. The second-order valence-corrected chi connectivity index (χ2v) is 3.20. The van der Waals surface area contributed by atoms with Gasteiger partial charge >= 0.3 is 0 Å². The fraction of sp³-hybridized carbons (Fsp3) is 0.400. The second-order valence-electron chi connectivity index (χ2n) is 3.20. The Labute approximate surface area is 110 Å². The van der Waals surface area contributed by atoms with E-state index in [4.69, 9.17) is 1.37 Å². The van der Waals surface area contributed by atoms with Gasteiger partial charge < -0.3 is 9.88 Å². The van der Waals surface area contributed by atoms with Crippen LogP contribution >= 0.6 is 0 Å². The first kappa shape index (κ1) is 10.2. The topological polar surface area (TPSA) is 33.2 Å². The van der Waals surface area contributed by atoms with Crippen LogP contribution in [0.3, 0.4) is 0 Å². The predicted octanol–water partition coefficient (Wildman–Crippen LogP) is 1.21. The Morgan fingerprint density at radius 1 is 1.71 bits per heavy atom. The molecule has 0 saturated heterocycles. The van der Waals surface area contributed by atoms with E-state index in [-0.39, 0.29) is 38.5 Å². The van der Waals surface area contributed by atoms with E-state index in [2.05, 4.69) is 11.2 Å². The summed E-state index contributed by atoms with van der Waals surface area (Å²) in [4.78, 5) is 17.5. The number of ketones is 1. The first-order valence-corrected chi connectivity index (χ1v) is 4.12. The van der Waals surface area contributed by atoms with Crippen molar-refractivity contribution in [2.75, 3.05) is 11.9 Å². The summed E-state index contributed by atoms with van der Waals surface area (Å²) in [6, 6.07) is 0.448. The molecule has 0 aliphatic carbocycles. The Hall–Kier alpha value is -0.276. The normalized spacial score (nSPS) is 25.5. The summed E-state index contributed by atoms with van der Waals surface area (Å²) >= 11 is 0. The summed E-state index contributed by atoms with van der Waals surface area (Å²) < 4.78 is 7.92. The molecule has 1 aromatic heterocycles. The van der Waals surface area contributed by atoms with Crippen LogP contribution in [0.1, 0.15) is 24.3 Å². The first-order valence-electron chi connectivity index (χ1n) is 4.62. The van der Waals surface area contributed by atoms with Gasteiger partial charge in [0.1, 0.15) is 0 Å². The largest absolute Gasteiger partial charge is 0.417 e. The molecule has 1 aliphatic heterocycles. The van der Waals surface area contributed by atoms with Crippen molar-refractivity contribution in [3.8, 4) is 0 Å². The SMILES string of the molecule is [3H]C1(C)C(=O)c2c(c[c-]nc2C)N1C.[Y]. The maximum atomic E-state index is 11.9. The third-order valence-electron chi connectivity index (χ3n) is 2.47. The van der Waals surface area contributed by atoms with Crippen LogP contribution in [0.2, 0.25) is 0 Å². The molecule has 0 N–H and O–H groups in total. The second kappa shape index (κ2) is 4.07. The van der Waals surface area contributed by atoms with Gasteiger partial charge in [-0.15, -0.1) is 6.07 Å². The number of pyridine rings is 1. The number of fused-ring (bicyclic) bond motifs is 1. The molecule has 1 radical (unpaired) electrons. The zero-order valence-corrected chi connectivity index (χ0v) is 11.3. The molecular formula is C10H11N2OY-. The van der Waals surface area contributed by atoms with Gasteiger partial charge in [0.05, 0.1) is 7.39 Å². The number of carbonyl (C=O) groups is 1. The molecule has 1 aromatic rings. The molecule has 2 rings (SSSR count). The minimum absolute atomic E-state index is 0. The van der Waals surface area contributed by atoms with Crippen molar-refractivity contribution in [3.05, 3.63) is 23.5 Å². The van der Waals surface area contributed by atoms with Crippen molar-refractivity contribution in [2.45, 2.75) is 19.9 Å². The number of aryl methyl sites for hydroxylation is 1. The summed E-state index contributed by atoms with van der Waals surface area (Å²) in [5.74, 6) is -0.186. The monoisotopic (exact) mass is 266 g/mol. The van der Waals surface area contributed by atoms with E-state index in [0.717, 1.165) is 5.69 Å². The van der Waals surface area contributed by atoms with Crippen LogP contribution in [0.5, 0.6) is 0 Å². The molecule has 0 bridgehead atoms. The molecule has 4 heteroatoms. The van der Waals surface area contributed by atoms with E-state index in [1.807, 2.05) is 0 Å². The zero-order chi connectivity index (χ0) is 10.5. The van der Waals surface area contributed by atoms with Gasteiger partial charge in [-0.25, -0.2) is 0 Å². The van der Waals surface area contributed by atoms with Crippen LogP contribution < -0.4 is 4.90 Å². The van der Waals surface area contributed by atoms with Gasteiger partial charge in [-0.05, 0) is 19.5 Å². The Kier molecular flexibility index (Phi) is 2.98. The van der Waals surface area contributed by atoms with E-state index in [0.29, 0.717) is 11.3 Å². The molecule has 0 amide bonds. The summed E-state index contributed by atoms with van der Waals surface area (Å²) in [6.45, 7) is 3.36. The maximum absolute atomic E-state index is 11.9. The molecule has 0 fully saturated rings. The predicted molar refractivity (Wildman–Crippen MR) is 50.0 cm³/mol. The number of hydrogen-bond donors (Lipinski definition) is 0. The fourth-order valence-electron chi connectivity index (χ4n) is 1.56. The number of hydrogen-bond acceptors (Lipinski definition) is 3.